The summed E-state index contributed by atoms with van der Waals surface area (Å²) in [7, 11) is 0. The molecule has 1 N–H and O–H groups in total. The van der Waals surface area contributed by atoms with E-state index in [0.29, 0.717) is 23.1 Å². The van der Waals surface area contributed by atoms with Crippen LogP contribution in [0.15, 0.2) is 6.07 Å². The fourth-order valence-corrected chi connectivity index (χ4v) is 2.37. The van der Waals surface area contributed by atoms with Gasteiger partial charge in [-0.15, -0.1) is 0 Å². The summed E-state index contributed by atoms with van der Waals surface area (Å²) < 4.78 is 27.5. The molecule has 2 rings (SSSR count). The van der Waals surface area contributed by atoms with Gasteiger partial charge in [0.2, 0.25) is 0 Å². The summed E-state index contributed by atoms with van der Waals surface area (Å²) in [4.78, 5) is 0. The summed E-state index contributed by atoms with van der Waals surface area (Å²) >= 11 is 0. The zero-order valence-corrected chi connectivity index (χ0v) is 9.20. The highest BCUT2D eigenvalue weighted by Crippen LogP contribution is 2.31. The number of nitrogens with one attached hydrogen (secondary N) is 1. The maximum absolute atomic E-state index is 13.8. The lowest BCUT2D eigenvalue weighted by molar-refractivity contribution is 0.412. The fraction of sp³-hybridized carbons (Fsp3) is 0.500. The van der Waals surface area contributed by atoms with Gasteiger partial charge in [0.25, 0.3) is 0 Å². The van der Waals surface area contributed by atoms with E-state index in [9.17, 15) is 8.78 Å². The lowest BCUT2D eigenvalue weighted by Gasteiger charge is -2.30. The molecule has 1 aliphatic rings. The monoisotopic (exact) mass is 211 g/mol. The molecule has 1 nitrogen and oxygen atoms in total. The van der Waals surface area contributed by atoms with Crippen LogP contribution in [-0.4, -0.2) is 6.04 Å². The summed E-state index contributed by atoms with van der Waals surface area (Å²) in [6, 6.07) is 1.37. The van der Waals surface area contributed by atoms with Gasteiger partial charge in [0.15, 0.2) is 0 Å². The number of hydrogen-bond donors (Lipinski definition) is 1. The van der Waals surface area contributed by atoms with Crippen LogP contribution in [-0.2, 0) is 6.42 Å². The van der Waals surface area contributed by atoms with E-state index in [1.165, 1.54) is 6.07 Å². The van der Waals surface area contributed by atoms with Crippen LogP contribution in [0.1, 0.15) is 36.6 Å². The van der Waals surface area contributed by atoms with Crippen LogP contribution >= 0.6 is 0 Å². The number of fused-ring (bicyclic) bond motifs is 1. The molecule has 0 fully saturated rings. The first-order chi connectivity index (χ1) is 7.00. The van der Waals surface area contributed by atoms with Crippen molar-refractivity contribution in [3.05, 3.63) is 34.4 Å². The lowest BCUT2D eigenvalue weighted by atomic mass is 9.89. The maximum atomic E-state index is 13.8. The van der Waals surface area contributed by atoms with E-state index in [4.69, 9.17) is 0 Å². The highest BCUT2D eigenvalue weighted by Gasteiger charge is 2.27. The van der Waals surface area contributed by atoms with Crippen molar-refractivity contribution < 1.29 is 8.78 Å². The van der Waals surface area contributed by atoms with E-state index >= 15 is 0 Å². The topological polar surface area (TPSA) is 12.0 Å². The van der Waals surface area contributed by atoms with Crippen LogP contribution in [0.4, 0.5) is 8.78 Å². The second kappa shape index (κ2) is 3.56. The highest BCUT2D eigenvalue weighted by atomic mass is 19.1. The average molecular weight is 211 g/mol. The zero-order valence-electron chi connectivity index (χ0n) is 9.20. The van der Waals surface area contributed by atoms with E-state index in [1.54, 1.807) is 6.92 Å². The minimum absolute atomic E-state index is 0.112. The Hall–Kier alpha value is -0.960. The second-order valence-electron chi connectivity index (χ2n) is 4.38. The molecule has 0 radical (unpaired) electrons. The fourth-order valence-electron chi connectivity index (χ4n) is 2.37. The molecule has 0 spiro atoms. The predicted molar refractivity (Wildman–Crippen MR) is 55.8 cm³/mol. The molecule has 2 atom stereocenters. The molecule has 3 heteroatoms. The Morgan fingerprint density at radius 3 is 2.67 bits per heavy atom. The molecule has 0 saturated carbocycles. The van der Waals surface area contributed by atoms with Crippen LogP contribution in [0.25, 0.3) is 0 Å². The van der Waals surface area contributed by atoms with Gasteiger partial charge in [0.1, 0.15) is 11.6 Å². The number of rotatable bonds is 0. The summed E-state index contributed by atoms with van der Waals surface area (Å²) in [5.74, 6) is -0.539. The smallest absolute Gasteiger partial charge is 0.129 e. The Morgan fingerprint density at radius 2 is 2.00 bits per heavy atom. The summed E-state index contributed by atoms with van der Waals surface area (Å²) in [5, 5.41) is 3.22. The summed E-state index contributed by atoms with van der Waals surface area (Å²) in [6.07, 6.45) is 0.560. The Bertz CT molecular complexity index is 401. The molecular formula is C12H15F2N. The molecule has 2 unspecified atom stereocenters. The molecule has 0 saturated heterocycles. The summed E-state index contributed by atoms with van der Waals surface area (Å²) in [5.41, 5.74) is 1.44. The van der Waals surface area contributed by atoms with E-state index in [-0.39, 0.29) is 23.7 Å². The number of aryl methyl sites for hydroxylation is 1. The first-order valence-corrected chi connectivity index (χ1v) is 5.24. The molecule has 15 heavy (non-hydrogen) atoms. The molecule has 1 aromatic rings. The van der Waals surface area contributed by atoms with E-state index in [2.05, 4.69) is 5.32 Å². The van der Waals surface area contributed by atoms with Gasteiger partial charge in [-0.25, -0.2) is 8.78 Å². The van der Waals surface area contributed by atoms with Crippen LogP contribution in [0.2, 0.25) is 0 Å². The van der Waals surface area contributed by atoms with Crippen molar-refractivity contribution in [2.45, 2.75) is 39.3 Å². The minimum Gasteiger partial charge on any atom is -0.307 e. The van der Waals surface area contributed by atoms with Crippen molar-refractivity contribution in [2.75, 3.05) is 0 Å². The highest BCUT2D eigenvalue weighted by molar-refractivity contribution is 5.39. The van der Waals surface area contributed by atoms with Crippen molar-refractivity contribution in [1.29, 1.82) is 0 Å². The zero-order chi connectivity index (χ0) is 11.2. The number of halogens is 2. The van der Waals surface area contributed by atoms with Crippen molar-refractivity contribution in [3.63, 3.8) is 0 Å². The normalized spacial score (nSPS) is 25.1. The van der Waals surface area contributed by atoms with Crippen molar-refractivity contribution in [1.82, 2.24) is 5.32 Å². The van der Waals surface area contributed by atoms with Gasteiger partial charge in [-0.1, -0.05) is 0 Å². The third-order valence-corrected chi connectivity index (χ3v) is 3.01. The van der Waals surface area contributed by atoms with Gasteiger partial charge in [0, 0.05) is 17.6 Å². The maximum Gasteiger partial charge on any atom is 0.129 e. The van der Waals surface area contributed by atoms with Gasteiger partial charge < -0.3 is 5.32 Å². The van der Waals surface area contributed by atoms with Crippen LogP contribution in [0, 0.1) is 18.6 Å². The molecular weight excluding hydrogens is 196 g/mol. The Balaban J connectivity index is 2.63. The number of benzene rings is 1. The van der Waals surface area contributed by atoms with Gasteiger partial charge in [-0.3, -0.25) is 0 Å². The van der Waals surface area contributed by atoms with E-state index in [0.717, 1.165) is 0 Å². The molecule has 0 bridgehead atoms. The molecule has 82 valence electrons. The quantitative estimate of drug-likeness (QED) is 0.695. The van der Waals surface area contributed by atoms with Gasteiger partial charge in [-0.2, -0.15) is 0 Å². The molecule has 1 aliphatic heterocycles. The SMILES string of the molecule is Cc1cc(F)c2c(c1F)CC(C)NC2C. The first kappa shape index (κ1) is 10.6. The number of hydrogen-bond acceptors (Lipinski definition) is 1. The molecule has 0 aromatic heterocycles. The van der Waals surface area contributed by atoms with Gasteiger partial charge in [-0.05, 0) is 44.4 Å². The minimum atomic E-state index is -0.296. The Morgan fingerprint density at radius 1 is 1.33 bits per heavy atom. The van der Waals surface area contributed by atoms with Gasteiger partial charge in [0.05, 0.1) is 0 Å². The predicted octanol–water partition coefficient (Wildman–Crippen LogP) is 2.87. The first-order valence-electron chi connectivity index (χ1n) is 5.24. The average Bonchev–Trinajstić information content (AvgIpc) is 2.12. The van der Waals surface area contributed by atoms with Crippen molar-refractivity contribution in [2.24, 2.45) is 0 Å². The molecule has 0 amide bonds. The lowest BCUT2D eigenvalue weighted by Crippen LogP contribution is -2.37. The van der Waals surface area contributed by atoms with Crippen LogP contribution in [0.3, 0.4) is 0 Å². The third-order valence-electron chi connectivity index (χ3n) is 3.01. The standard InChI is InChI=1S/C12H15F2N/c1-6-4-10(13)11-8(3)15-7(2)5-9(11)12(6)14/h4,7-8,15H,5H2,1-3H3. The Kier molecular flexibility index (Phi) is 2.51. The van der Waals surface area contributed by atoms with Crippen LogP contribution in [0.5, 0.6) is 0 Å². The third kappa shape index (κ3) is 1.65. The second-order valence-corrected chi connectivity index (χ2v) is 4.38. The molecule has 1 aromatic carbocycles. The molecule has 1 heterocycles. The Labute approximate surface area is 88.5 Å². The van der Waals surface area contributed by atoms with Gasteiger partial charge >= 0.3 is 0 Å². The largest absolute Gasteiger partial charge is 0.307 e. The van der Waals surface area contributed by atoms with E-state index < -0.39 is 0 Å². The molecule has 0 aliphatic carbocycles. The van der Waals surface area contributed by atoms with Crippen molar-refractivity contribution in [3.8, 4) is 0 Å². The van der Waals surface area contributed by atoms with E-state index in [1.807, 2.05) is 13.8 Å². The summed E-state index contributed by atoms with van der Waals surface area (Å²) in [6.45, 7) is 5.46. The van der Waals surface area contributed by atoms with Crippen molar-refractivity contribution >= 4 is 0 Å². The van der Waals surface area contributed by atoms with Crippen LogP contribution < -0.4 is 5.32 Å².